The second-order valence-corrected chi connectivity index (χ2v) is 11.3. The Morgan fingerprint density at radius 1 is 1.05 bits per heavy atom. The molecule has 0 spiro atoms. The van der Waals surface area contributed by atoms with E-state index in [0.717, 1.165) is 10.9 Å². The number of phosphoric acid groups is 2. The van der Waals surface area contributed by atoms with Crippen LogP contribution in [0.5, 0.6) is 0 Å². The molecular formula is C16H31N7O15P2. The Balaban J connectivity index is 0.00000280. The fraction of sp³-hybridized carbons (Fsp3) is 0.688. The summed E-state index contributed by atoms with van der Waals surface area (Å²) in [6, 6.07) is 0. The Morgan fingerprint density at radius 2 is 1.70 bits per heavy atom. The van der Waals surface area contributed by atoms with Crippen LogP contribution in [0, 0.1) is 0 Å². The van der Waals surface area contributed by atoms with Crippen molar-refractivity contribution in [3.05, 3.63) is 16.7 Å². The number of nitrogen functional groups attached to an aromatic ring is 1. The van der Waals surface area contributed by atoms with Gasteiger partial charge in [-0.05, 0) is 6.92 Å². The molecule has 22 nitrogen and oxygen atoms in total. The molecule has 0 radical (unpaired) electrons. The highest BCUT2D eigenvalue weighted by molar-refractivity contribution is 7.59. The van der Waals surface area contributed by atoms with Crippen LogP contribution in [0.4, 0.5) is 5.95 Å². The van der Waals surface area contributed by atoms with Gasteiger partial charge in [0.15, 0.2) is 23.7 Å². The van der Waals surface area contributed by atoms with Gasteiger partial charge in [-0.25, -0.2) is 9.29 Å². The van der Waals surface area contributed by atoms with Crippen molar-refractivity contribution in [1.29, 1.82) is 0 Å². The van der Waals surface area contributed by atoms with Crippen molar-refractivity contribution in [1.82, 2.24) is 31.8 Å². The molecule has 16 N–H and O–H groups in total. The summed E-state index contributed by atoms with van der Waals surface area (Å²) in [5.74, 6) is -0.280. The number of aromatic nitrogens is 4. The number of anilines is 1. The maximum atomic E-state index is 12.1. The molecule has 230 valence electrons. The molecule has 0 aromatic carbocycles. The zero-order valence-electron chi connectivity index (χ0n) is 21.1. The number of aliphatic hydroxyl groups is 5. The van der Waals surface area contributed by atoms with E-state index in [1.807, 2.05) is 0 Å². The van der Waals surface area contributed by atoms with Crippen molar-refractivity contribution >= 4 is 32.8 Å². The molecule has 24 heteroatoms. The van der Waals surface area contributed by atoms with Crippen LogP contribution >= 0.6 is 15.6 Å². The molecule has 40 heavy (non-hydrogen) atoms. The molecule has 0 amide bonds. The van der Waals surface area contributed by atoms with Gasteiger partial charge in [0.2, 0.25) is 5.95 Å². The smallest absolute Gasteiger partial charge is 0.280 e. The molecule has 0 aliphatic carbocycles. The number of nitrogens with two attached hydrogens (primary N) is 1. The van der Waals surface area contributed by atoms with Gasteiger partial charge in [-0.2, -0.15) is 4.98 Å². The lowest BCUT2D eigenvalue weighted by atomic mass is 10.0. The lowest BCUT2D eigenvalue weighted by molar-refractivity contribution is -0.299. The third-order valence-electron chi connectivity index (χ3n) is 5.70. The maximum Gasteiger partial charge on any atom is 0.280 e. The highest BCUT2D eigenvalue weighted by Crippen LogP contribution is 2.57. The minimum absolute atomic E-state index is 0. The highest BCUT2D eigenvalue weighted by Gasteiger charge is 2.46. The van der Waals surface area contributed by atoms with Gasteiger partial charge in [0.25, 0.3) is 21.2 Å². The van der Waals surface area contributed by atoms with Gasteiger partial charge in [0.05, 0.1) is 19.0 Å². The minimum Gasteiger partial charge on any atom is -0.756 e. The van der Waals surface area contributed by atoms with Gasteiger partial charge in [-0.3, -0.25) is 28.0 Å². The summed E-state index contributed by atoms with van der Waals surface area (Å²) in [7, 11) is -11.6. The van der Waals surface area contributed by atoms with E-state index in [0.29, 0.717) is 0 Å². The van der Waals surface area contributed by atoms with E-state index in [2.05, 4.69) is 28.3 Å². The van der Waals surface area contributed by atoms with Gasteiger partial charge in [-0.1, -0.05) is 0 Å². The molecule has 4 rings (SSSR count). The molecule has 11 atom stereocenters. The van der Waals surface area contributed by atoms with E-state index < -0.39 is 83.1 Å². The number of hydrogen-bond acceptors (Lipinski definition) is 18. The molecule has 0 saturated carbocycles. The summed E-state index contributed by atoms with van der Waals surface area (Å²) in [6.07, 6.45) is -14.3. The number of aliphatic hydroxyl groups excluding tert-OH is 5. The van der Waals surface area contributed by atoms with Crippen molar-refractivity contribution in [3.8, 4) is 0 Å². The van der Waals surface area contributed by atoms with Gasteiger partial charge >= 0.3 is 0 Å². The van der Waals surface area contributed by atoms with E-state index >= 15 is 0 Å². The van der Waals surface area contributed by atoms with Crippen molar-refractivity contribution in [2.45, 2.75) is 62.2 Å². The van der Waals surface area contributed by atoms with E-state index in [4.69, 9.17) is 15.2 Å². The quantitative estimate of drug-likeness (QED) is 0.126. The number of rotatable bonds is 8. The van der Waals surface area contributed by atoms with Crippen molar-refractivity contribution in [2.75, 3.05) is 12.3 Å². The second kappa shape index (κ2) is 12.5. The van der Waals surface area contributed by atoms with E-state index in [9.17, 15) is 49.2 Å². The van der Waals surface area contributed by atoms with Crippen LogP contribution < -0.4 is 33.4 Å². The lowest BCUT2D eigenvalue weighted by Crippen LogP contribution is -2.57. The van der Waals surface area contributed by atoms with Crippen LogP contribution in [0.3, 0.4) is 0 Å². The number of imidazole rings is 1. The number of nitrogens with zero attached hydrogens (tertiary/aromatic N) is 3. The molecule has 0 bridgehead atoms. The number of nitrogens with one attached hydrogen (secondary N) is 1. The van der Waals surface area contributed by atoms with Crippen LogP contribution in [-0.4, -0.2) is 101 Å². The van der Waals surface area contributed by atoms with E-state index in [-0.39, 0.29) is 29.4 Å². The molecule has 2 aromatic rings. The Hall–Kier alpha value is -1.95. The monoisotopic (exact) mass is 623 g/mol. The summed E-state index contributed by atoms with van der Waals surface area (Å²) >= 11 is 0. The SMILES string of the molecule is CC1OC(OP(=O)([O-])OP(=O)([O-])OC[C@H]2O[C@@H](n3cnc4c(=O)[nH]c(N)nc43)C(O)[C@H]2O)C(O)[C@@H](O)[C@@H]1O.[NH4+].[NH4+]. The number of fused-ring (bicyclic) bond motifs is 1. The largest absolute Gasteiger partial charge is 0.756 e. The van der Waals surface area contributed by atoms with Crippen LogP contribution in [0.2, 0.25) is 0 Å². The van der Waals surface area contributed by atoms with Gasteiger partial charge in [0, 0.05) is 0 Å². The molecule has 6 unspecified atom stereocenters. The summed E-state index contributed by atoms with van der Waals surface area (Å²) in [5.41, 5.74) is 4.52. The van der Waals surface area contributed by atoms with Crippen LogP contribution in [-0.2, 0) is 32.0 Å². The Morgan fingerprint density at radius 3 is 2.35 bits per heavy atom. The van der Waals surface area contributed by atoms with Crippen molar-refractivity contribution < 1.29 is 67.3 Å². The zero-order chi connectivity index (χ0) is 28.2. The highest BCUT2D eigenvalue weighted by atomic mass is 31.3. The van der Waals surface area contributed by atoms with Gasteiger partial charge in [0.1, 0.15) is 36.6 Å². The number of aromatic amines is 1. The molecule has 2 aliphatic rings. The number of H-pyrrole nitrogens is 1. The Bertz CT molecular complexity index is 1330. The molecular weight excluding hydrogens is 592 g/mol. The molecule has 2 aromatic heterocycles. The van der Waals surface area contributed by atoms with Crippen LogP contribution in [0.25, 0.3) is 11.2 Å². The topological polar surface area (TPSA) is 390 Å². The molecule has 2 aliphatic heterocycles. The summed E-state index contributed by atoms with van der Waals surface area (Å²) in [4.78, 5) is 46.1. The van der Waals surface area contributed by atoms with E-state index in [1.54, 1.807) is 0 Å². The first-order valence-electron chi connectivity index (χ1n) is 10.7. The first-order chi connectivity index (χ1) is 17.6. The molecule has 4 heterocycles. The number of phosphoric ester groups is 2. The Kier molecular flexibility index (Phi) is 10.7. The van der Waals surface area contributed by atoms with Crippen molar-refractivity contribution in [3.63, 3.8) is 0 Å². The zero-order valence-corrected chi connectivity index (χ0v) is 22.9. The molecule has 2 saturated heterocycles. The minimum atomic E-state index is -5.82. The van der Waals surface area contributed by atoms with Crippen LogP contribution in [0.15, 0.2) is 11.1 Å². The first-order valence-corrected chi connectivity index (χ1v) is 13.6. The third kappa shape index (κ3) is 6.91. The van der Waals surface area contributed by atoms with Gasteiger partial charge in [-0.15, -0.1) is 0 Å². The fourth-order valence-corrected chi connectivity index (χ4v) is 5.86. The number of hydrogen-bond donors (Lipinski definition) is 9. The predicted molar refractivity (Wildman–Crippen MR) is 126 cm³/mol. The maximum absolute atomic E-state index is 12.1. The molecule has 2 fully saturated rings. The first kappa shape index (κ1) is 34.3. The summed E-state index contributed by atoms with van der Waals surface area (Å²) in [5, 5.41) is 49.9. The average Bonchev–Trinajstić information content (AvgIpc) is 3.35. The lowest BCUT2D eigenvalue weighted by Gasteiger charge is -2.41. The second-order valence-electron chi connectivity index (χ2n) is 8.38. The fourth-order valence-electron chi connectivity index (χ4n) is 3.78. The normalized spacial score (nSPS) is 35.4. The third-order valence-corrected chi connectivity index (χ3v) is 8.23. The van der Waals surface area contributed by atoms with Crippen LogP contribution in [0.1, 0.15) is 13.2 Å². The van der Waals surface area contributed by atoms with Crippen molar-refractivity contribution in [2.24, 2.45) is 0 Å². The summed E-state index contributed by atoms with van der Waals surface area (Å²) in [6.45, 7) is 0.168. The predicted octanol–water partition coefficient (Wildman–Crippen LogP) is -4.11. The number of ether oxygens (including phenoxy) is 2. The average molecular weight is 623 g/mol. The number of quaternary nitrogens is 2. The standard InChI is InChI=1S/C16H25N5O15P2.2H3N/c1-4-7(22)9(24)11(26)15(33-4)35-38(30,31)36-37(28,29)32-2-5-8(23)10(25)14(34-5)21-3-18-6-12(21)19-16(17)20-13(6)27;;/h3-5,7-11,14-15,22-26H,2H2,1H3,(H,28,29)(H,30,31)(H3,17,19,20,27);2*1H3/t4?,5-,7-,8+,9+,10?,11?,14-,15?;;/m1../s1. The van der Waals surface area contributed by atoms with Gasteiger partial charge < -0.3 is 67.4 Å². The van der Waals surface area contributed by atoms with E-state index in [1.165, 1.54) is 6.92 Å². The Labute approximate surface area is 223 Å². The summed E-state index contributed by atoms with van der Waals surface area (Å²) < 4.78 is 48.3.